The van der Waals surface area contributed by atoms with Crippen LogP contribution >= 0.6 is 0 Å². The maximum atomic E-state index is 14.4. The molecule has 0 saturated heterocycles. The molecule has 2 aromatic rings. The minimum atomic E-state index is -0.990. The lowest BCUT2D eigenvalue weighted by Gasteiger charge is -2.27. The van der Waals surface area contributed by atoms with Crippen LogP contribution in [-0.2, 0) is 0 Å². The maximum Gasteiger partial charge on any atom is 0.201 e. The molecule has 0 radical (unpaired) electrons. The first kappa shape index (κ1) is 22.2. The van der Waals surface area contributed by atoms with Gasteiger partial charge in [-0.3, -0.25) is 0 Å². The summed E-state index contributed by atoms with van der Waals surface area (Å²) in [6.45, 7) is 3.95. The highest BCUT2D eigenvalue weighted by molar-refractivity contribution is 5.52. The van der Waals surface area contributed by atoms with Gasteiger partial charge in [0.15, 0.2) is 23.1 Å². The molecule has 0 spiro atoms. The topological polar surface area (TPSA) is 18.5 Å². The summed E-state index contributed by atoms with van der Waals surface area (Å²) in [5.74, 6) is -3.77. The van der Waals surface area contributed by atoms with Crippen LogP contribution in [0.1, 0.15) is 56.6 Å². The fourth-order valence-corrected chi connectivity index (χ4v) is 3.93. The van der Waals surface area contributed by atoms with E-state index in [-0.39, 0.29) is 42.1 Å². The SMILES string of the molecule is CCOc1ccc(C=CC2CCC(c3ccc(OCC)c(F)c3F)CC2)c(F)c1F. The van der Waals surface area contributed by atoms with Crippen molar-refractivity contribution in [1.29, 1.82) is 0 Å². The molecule has 1 aliphatic rings. The zero-order valence-corrected chi connectivity index (χ0v) is 17.2. The van der Waals surface area contributed by atoms with Crippen molar-refractivity contribution < 1.29 is 27.0 Å². The standard InChI is InChI=1S/C24H26F4O2/c1-3-29-19-13-11-17(21(25)23(19)27)10-7-15-5-8-16(9-6-15)18-12-14-20(30-4-2)24(28)22(18)26/h7,10-16H,3-6,8-9H2,1-2H3. The molecule has 1 aliphatic carbocycles. The lowest BCUT2D eigenvalue weighted by atomic mass is 9.78. The Labute approximate surface area is 174 Å². The van der Waals surface area contributed by atoms with Gasteiger partial charge in [-0.1, -0.05) is 18.2 Å². The number of hydrogen-bond acceptors (Lipinski definition) is 2. The average Bonchev–Trinajstić information content (AvgIpc) is 2.75. The van der Waals surface area contributed by atoms with Crippen LogP contribution in [0.25, 0.3) is 6.08 Å². The summed E-state index contributed by atoms with van der Waals surface area (Å²) in [6, 6.07) is 5.99. The van der Waals surface area contributed by atoms with Crippen LogP contribution in [0, 0.1) is 29.2 Å². The number of benzene rings is 2. The van der Waals surface area contributed by atoms with Gasteiger partial charge in [-0.05, 0) is 75.1 Å². The van der Waals surface area contributed by atoms with Gasteiger partial charge in [0.25, 0.3) is 0 Å². The minimum Gasteiger partial charge on any atom is -0.491 e. The molecule has 0 aliphatic heterocycles. The van der Waals surface area contributed by atoms with Crippen molar-refractivity contribution in [2.24, 2.45) is 5.92 Å². The molecule has 162 valence electrons. The molecule has 2 nitrogen and oxygen atoms in total. The van der Waals surface area contributed by atoms with E-state index in [1.807, 2.05) is 6.08 Å². The molecule has 1 saturated carbocycles. The third-order valence-electron chi connectivity index (χ3n) is 5.51. The maximum absolute atomic E-state index is 14.4. The van der Waals surface area contributed by atoms with Gasteiger partial charge in [0.2, 0.25) is 11.6 Å². The van der Waals surface area contributed by atoms with Crippen molar-refractivity contribution in [2.75, 3.05) is 13.2 Å². The van der Waals surface area contributed by atoms with Crippen LogP contribution in [0.2, 0.25) is 0 Å². The van der Waals surface area contributed by atoms with E-state index >= 15 is 0 Å². The molecule has 0 amide bonds. The highest BCUT2D eigenvalue weighted by Crippen LogP contribution is 2.39. The van der Waals surface area contributed by atoms with Crippen LogP contribution in [0.4, 0.5) is 17.6 Å². The first-order valence-corrected chi connectivity index (χ1v) is 10.4. The summed E-state index contributed by atoms with van der Waals surface area (Å²) >= 11 is 0. The monoisotopic (exact) mass is 422 g/mol. The van der Waals surface area contributed by atoms with Crippen LogP contribution in [0.3, 0.4) is 0 Å². The van der Waals surface area contributed by atoms with E-state index in [0.717, 1.165) is 12.8 Å². The Kier molecular flexibility index (Phi) is 7.40. The Morgan fingerprint density at radius 2 is 1.33 bits per heavy atom. The van der Waals surface area contributed by atoms with Crippen molar-refractivity contribution in [2.45, 2.75) is 45.4 Å². The van der Waals surface area contributed by atoms with E-state index in [9.17, 15) is 17.6 Å². The molecular weight excluding hydrogens is 396 g/mol. The van der Waals surface area contributed by atoms with Gasteiger partial charge in [0, 0.05) is 5.56 Å². The minimum absolute atomic E-state index is 0.0695. The zero-order valence-electron chi connectivity index (χ0n) is 17.2. The van der Waals surface area contributed by atoms with Crippen LogP contribution in [0.15, 0.2) is 30.3 Å². The molecule has 3 rings (SSSR count). The van der Waals surface area contributed by atoms with Gasteiger partial charge in [-0.2, -0.15) is 8.78 Å². The van der Waals surface area contributed by atoms with E-state index in [1.165, 1.54) is 18.2 Å². The van der Waals surface area contributed by atoms with E-state index in [0.29, 0.717) is 18.4 Å². The first-order chi connectivity index (χ1) is 14.5. The molecular formula is C24H26F4O2. The fourth-order valence-electron chi connectivity index (χ4n) is 3.93. The largest absolute Gasteiger partial charge is 0.491 e. The number of hydrogen-bond donors (Lipinski definition) is 0. The van der Waals surface area contributed by atoms with E-state index in [1.54, 1.807) is 26.0 Å². The first-order valence-electron chi connectivity index (χ1n) is 10.4. The van der Waals surface area contributed by atoms with Crippen molar-refractivity contribution in [3.8, 4) is 11.5 Å². The molecule has 6 heteroatoms. The molecule has 0 atom stereocenters. The number of rotatable bonds is 7. The second-order valence-electron chi connectivity index (χ2n) is 7.40. The Morgan fingerprint density at radius 1 is 0.767 bits per heavy atom. The molecule has 2 aromatic carbocycles. The van der Waals surface area contributed by atoms with Crippen molar-refractivity contribution in [1.82, 2.24) is 0 Å². The zero-order chi connectivity index (χ0) is 21.7. The normalized spacial score (nSPS) is 19.3. The number of allylic oxidation sites excluding steroid dienone is 1. The quantitative estimate of drug-likeness (QED) is 0.446. The van der Waals surface area contributed by atoms with Gasteiger partial charge in [-0.15, -0.1) is 0 Å². The van der Waals surface area contributed by atoms with E-state index in [2.05, 4.69) is 0 Å². The Morgan fingerprint density at radius 3 is 1.93 bits per heavy atom. The van der Waals surface area contributed by atoms with Gasteiger partial charge >= 0.3 is 0 Å². The molecule has 0 unspecified atom stereocenters. The van der Waals surface area contributed by atoms with E-state index < -0.39 is 23.3 Å². The fraction of sp³-hybridized carbons (Fsp3) is 0.417. The molecule has 0 bridgehead atoms. The Hall–Kier alpha value is -2.50. The summed E-state index contributed by atoms with van der Waals surface area (Å²) in [7, 11) is 0. The van der Waals surface area contributed by atoms with Gasteiger partial charge in [0.1, 0.15) is 0 Å². The van der Waals surface area contributed by atoms with Gasteiger partial charge in [0.05, 0.1) is 13.2 Å². The summed E-state index contributed by atoms with van der Waals surface area (Å²) in [5.41, 5.74) is 0.538. The lowest BCUT2D eigenvalue weighted by molar-refractivity contribution is 0.310. The van der Waals surface area contributed by atoms with Gasteiger partial charge < -0.3 is 9.47 Å². The number of halogens is 4. The summed E-state index contributed by atoms with van der Waals surface area (Å²) in [5, 5.41) is 0. The molecule has 0 heterocycles. The Balaban J connectivity index is 1.64. The van der Waals surface area contributed by atoms with Crippen molar-refractivity contribution >= 4 is 6.08 Å². The molecule has 1 fully saturated rings. The van der Waals surface area contributed by atoms with Crippen LogP contribution in [-0.4, -0.2) is 13.2 Å². The lowest BCUT2D eigenvalue weighted by Crippen LogP contribution is -2.14. The predicted molar refractivity (Wildman–Crippen MR) is 109 cm³/mol. The third kappa shape index (κ3) is 4.79. The summed E-state index contributed by atoms with van der Waals surface area (Å²) < 4.78 is 66.9. The number of ether oxygens (including phenoxy) is 2. The Bertz CT molecular complexity index is 903. The summed E-state index contributed by atoms with van der Waals surface area (Å²) in [6.07, 6.45) is 6.35. The average molecular weight is 422 g/mol. The van der Waals surface area contributed by atoms with Crippen molar-refractivity contribution in [3.05, 3.63) is 64.7 Å². The molecule has 0 aromatic heterocycles. The third-order valence-corrected chi connectivity index (χ3v) is 5.51. The van der Waals surface area contributed by atoms with Crippen LogP contribution < -0.4 is 9.47 Å². The summed E-state index contributed by atoms with van der Waals surface area (Å²) in [4.78, 5) is 0. The highest BCUT2D eigenvalue weighted by Gasteiger charge is 2.26. The molecule has 30 heavy (non-hydrogen) atoms. The predicted octanol–water partition coefficient (Wildman–Crippen LogP) is 7.03. The van der Waals surface area contributed by atoms with Crippen LogP contribution in [0.5, 0.6) is 11.5 Å². The van der Waals surface area contributed by atoms with Crippen molar-refractivity contribution in [3.63, 3.8) is 0 Å². The van der Waals surface area contributed by atoms with Gasteiger partial charge in [-0.25, -0.2) is 8.78 Å². The second-order valence-corrected chi connectivity index (χ2v) is 7.40. The second kappa shape index (κ2) is 10.0. The smallest absolute Gasteiger partial charge is 0.201 e. The highest BCUT2D eigenvalue weighted by atomic mass is 19.2. The molecule has 0 N–H and O–H groups in total. The van der Waals surface area contributed by atoms with E-state index in [4.69, 9.17) is 9.47 Å².